The molecule has 0 unspecified atom stereocenters. The number of nitro groups is 1. The average Bonchev–Trinajstić information content (AvgIpc) is 2.92. The monoisotopic (exact) mass is 294 g/mol. The van der Waals surface area contributed by atoms with Crippen LogP contribution in [0.2, 0.25) is 0 Å². The van der Waals surface area contributed by atoms with Gasteiger partial charge in [0.15, 0.2) is 0 Å². The second-order valence-corrected chi connectivity index (χ2v) is 4.85. The smallest absolute Gasteiger partial charge is 0.372 e. The summed E-state index contributed by atoms with van der Waals surface area (Å²) < 4.78 is 5.16. The first-order valence-electron chi connectivity index (χ1n) is 6.10. The molecular formula is C12H14N4O3S. The van der Waals surface area contributed by atoms with Crippen LogP contribution in [0.5, 0.6) is 5.88 Å². The first kappa shape index (κ1) is 14.2. The SMILES string of the molecule is CCOc1ncnc(NCCc2cccs2)c1[N+](=O)[O-]. The largest absolute Gasteiger partial charge is 0.473 e. The molecule has 0 aliphatic carbocycles. The highest BCUT2D eigenvalue weighted by atomic mass is 32.1. The fraction of sp³-hybridized carbons (Fsp3) is 0.333. The molecule has 0 aromatic carbocycles. The minimum atomic E-state index is -0.529. The van der Waals surface area contributed by atoms with E-state index in [0.29, 0.717) is 13.2 Å². The van der Waals surface area contributed by atoms with E-state index in [0.717, 1.165) is 6.42 Å². The molecular weight excluding hydrogens is 280 g/mol. The zero-order valence-corrected chi connectivity index (χ0v) is 11.7. The second kappa shape index (κ2) is 6.80. The number of aromatic nitrogens is 2. The first-order chi connectivity index (χ1) is 9.72. The normalized spacial score (nSPS) is 10.2. The van der Waals surface area contributed by atoms with E-state index in [1.807, 2.05) is 17.5 Å². The van der Waals surface area contributed by atoms with Crippen LogP contribution in [0.1, 0.15) is 11.8 Å². The summed E-state index contributed by atoms with van der Waals surface area (Å²) in [5, 5.41) is 16.1. The minimum Gasteiger partial charge on any atom is -0.473 e. The van der Waals surface area contributed by atoms with Crippen molar-refractivity contribution in [3.8, 4) is 5.88 Å². The van der Waals surface area contributed by atoms with Gasteiger partial charge in [-0.15, -0.1) is 11.3 Å². The van der Waals surface area contributed by atoms with Crippen LogP contribution in [0.25, 0.3) is 0 Å². The molecule has 0 spiro atoms. The Labute approximate surface area is 119 Å². The van der Waals surface area contributed by atoms with Crippen LogP contribution in [0.4, 0.5) is 11.5 Å². The van der Waals surface area contributed by atoms with Gasteiger partial charge in [-0.3, -0.25) is 10.1 Å². The van der Waals surface area contributed by atoms with Crippen molar-refractivity contribution in [3.63, 3.8) is 0 Å². The van der Waals surface area contributed by atoms with Gasteiger partial charge in [0.2, 0.25) is 5.82 Å². The Morgan fingerprint density at radius 1 is 1.50 bits per heavy atom. The van der Waals surface area contributed by atoms with Crippen molar-refractivity contribution in [3.05, 3.63) is 38.8 Å². The maximum atomic E-state index is 11.1. The van der Waals surface area contributed by atoms with Crippen LogP contribution in [0, 0.1) is 10.1 Å². The Balaban J connectivity index is 2.09. The third-order valence-corrected chi connectivity index (χ3v) is 3.43. The third-order valence-electron chi connectivity index (χ3n) is 2.50. The van der Waals surface area contributed by atoms with E-state index < -0.39 is 4.92 Å². The number of nitrogens with zero attached hydrogens (tertiary/aromatic N) is 3. The van der Waals surface area contributed by atoms with Crippen LogP contribution in [0.15, 0.2) is 23.8 Å². The van der Waals surface area contributed by atoms with Crippen molar-refractivity contribution < 1.29 is 9.66 Å². The predicted octanol–water partition coefficient (Wildman–Crippen LogP) is 2.50. The van der Waals surface area contributed by atoms with Crippen molar-refractivity contribution in [1.29, 1.82) is 0 Å². The van der Waals surface area contributed by atoms with Gasteiger partial charge in [0.05, 0.1) is 11.5 Å². The summed E-state index contributed by atoms with van der Waals surface area (Å²) in [5.74, 6) is 0.177. The molecule has 2 heterocycles. The van der Waals surface area contributed by atoms with E-state index in [9.17, 15) is 10.1 Å². The van der Waals surface area contributed by atoms with Crippen LogP contribution >= 0.6 is 11.3 Å². The molecule has 0 saturated carbocycles. The fourth-order valence-corrected chi connectivity index (χ4v) is 2.37. The van der Waals surface area contributed by atoms with Gasteiger partial charge in [-0.2, -0.15) is 4.98 Å². The number of hydrogen-bond acceptors (Lipinski definition) is 7. The van der Waals surface area contributed by atoms with Gasteiger partial charge < -0.3 is 10.1 Å². The first-order valence-corrected chi connectivity index (χ1v) is 6.98. The molecule has 8 heteroatoms. The van der Waals surface area contributed by atoms with Crippen LogP contribution < -0.4 is 10.1 Å². The van der Waals surface area contributed by atoms with E-state index in [2.05, 4.69) is 15.3 Å². The third kappa shape index (κ3) is 3.41. The maximum absolute atomic E-state index is 11.1. The lowest BCUT2D eigenvalue weighted by Crippen LogP contribution is -2.10. The molecule has 20 heavy (non-hydrogen) atoms. The fourth-order valence-electron chi connectivity index (χ4n) is 1.66. The van der Waals surface area contributed by atoms with Crippen molar-refractivity contribution in [2.24, 2.45) is 0 Å². The topological polar surface area (TPSA) is 90.2 Å². The van der Waals surface area contributed by atoms with Gasteiger partial charge in [0.1, 0.15) is 6.33 Å². The van der Waals surface area contributed by atoms with Gasteiger partial charge in [-0.05, 0) is 24.8 Å². The number of hydrogen-bond donors (Lipinski definition) is 1. The van der Waals surface area contributed by atoms with Crippen LogP contribution in [-0.4, -0.2) is 28.0 Å². The maximum Gasteiger partial charge on any atom is 0.372 e. The molecule has 0 bridgehead atoms. The highest BCUT2D eigenvalue weighted by Crippen LogP contribution is 2.30. The highest BCUT2D eigenvalue weighted by Gasteiger charge is 2.23. The average molecular weight is 294 g/mol. The van der Waals surface area contributed by atoms with Crippen molar-refractivity contribution in [2.75, 3.05) is 18.5 Å². The Kier molecular flexibility index (Phi) is 4.83. The summed E-state index contributed by atoms with van der Waals surface area (Å²) in [6.07, 6.45) is 2.04. The molecule has 106 valence electrons. The Morgan fingerprint density at radius 3 is 3.00 bits per heavy atom. The van der Waals surface area contributed by atoms with Gasteiger partial charge in [0.25, 0.3) is 5.88 Å². The van der Waals surface area contributed by atoms with Crippen LogP contribution in [-0.2, 0) is 6.42 Å². The predicted molar refractivity (Wildman–Crippen MR) is 76.4 cm³/mol. The molecule has 2 rings (SSSR count). The summed E-state index contributed by atoms with van der Waals surface area (Å²) in [4.78, 5) is 19.5. The summed E-state index contributed by atoms with van der Waals surface area (Å²) in [6, 6.07) is 3.99. The Morgan fingerprint density at radius 2 is 2.35 bits per heavy atom. The van der Waals surface area contributed by atoms with Gasteiger partial charge >= 0.3 is 5.69 Å². The molecule has 0 radical (unpaired) electrons. The van der Waals surface area contributed by atoms with Crippen molar-refractivity contribution in [2.45, 2.75) is 13.3 Å². The summed E-state index contributed by atoms with van der Waals surface area (Å²) in [5.41, 5.74) is -0.222. The lowest BCUT2D eigenvalue weighted by Gasteiger charge is -2.08. The molecule has 2 aromatic heterocycles. The lowest BCUT2D eigenvalue weighted by molar-refractivity contribution is -0.385. The van der Waals surface area contributed by atoms with E-state index >= 15 is 0 Å². The van der Waals surface area contributed by atoms with Gasteiger partial charge in [-0.1, -0.05) is 6.07 Å². The zero-order chi connectivity index (χ0) is 14.4. The van der Waals surface area contributed by atoms with Crippen molar-refractivity contribution in [1.82, 2.24) is 9.97 Å². The van der Waals surface area contributed by atoms with E-state index in [-0.39, 0.29) is 17.4 Å². The number of anilines is 1. The molecule has 2 aromatic rings. The Bertz CT molecular complexity index is 574. The van der Waals surface area contributed by atoms with Gasteiger partial charge in [-0.25, -0.2) is 4.98 Å². The molecule has 1 N–H and O–H groups in total. The zero-order valence-electron chi connectivity index (χ0n) is 10.9. The Hall–Kier alpha value is -2.22. The number of ether oxygens (including phenoxy) is 1. The minimum absolute atomic E-state index is 0.00822. The standard InChI is InChI=1S/C12H14N4O3S/c1-2-19-12-10(16(17)18)11(14-8-15-12)13-6-5-9-4-3-7-20-9/h3-4,7-8H,2,5-6H2,1H3,(H,13,14,15). The van der Waals surface area contributed by atoms with E-state index in [1.54, 1.807) is 18.3 Å². The number of nitrogens with one attached hydrogen (secondary N) is 1. The number of rotatable bonds is 7. The molecule has 7 nitrogen and oxygen atoms in total. The van der Waals surface area contributed by atoms with Gasteiger partial charge in [0, 0.05) is 11.4 Å². The van der Waals surface area contributed by atoms with Crippen LogP contribution in [0.3, 0.4) is 0 Å². The summed E-state index contributed by atoms with van der Waals surface area (Å²) in [7, 11) is 0. The molecule has 0 fully saturated rings. The molecule has 0 aliphatic rings. The second-order valence-electron chi connectivity index (χ2n) is 3.82. The quantitative estimate of drug-likeness (QED) is 0.623. The summed E-state index contributed by atoms with van der Waals surface area (Å²) >= 11 is 1.65. The molecule has 0 saturated heterocycles. The lowest BCUT2D eigenvalue weighted by atomic mass is 10.3. The molecule has 0 atom stereocenters. The van der Waals surface area contributed by atoms with Crippen molar-refractivity contribution >= 4 is 22.8 Å². The van der Waals surface area contributed by atoms with E-state index in [1.165, 1.54) is 11.2 Å². The summed E-state index contributed by atoms with van der Waals surface area (Å²) in [6.45, 7) is 2.62. The number of thiophene rings is 1. The van der Waals surface area contributed by atoms with E-state index in [4.69, 9.17) is 4.74 Å². The highest BCUT2D eigenvalue weighted by molar-refractivity contribution is 7.09. The molecule has 0 aliphatic heterocycles. The molecule has 0 amide bonds.